The average molecular weight is 245 g/mol. The summed E-state index contributed by atoms with van der Waals surface area (Å²) in [5, 5.41) is 0.973. The van der Waals surface area contributed by atoms with Crippen LogP contribution in [-0.2, 0) is 4.79 Å². The lowest BCUT2D eigenvalue weighted by Gasteiger charge is -2.38. The van der Waals surface area contributed by atoms with Gasteiger partial charge in [0.1, 0.15) is 11.3 Å². The molecule has 0 atom stereocenters. The van der Waals surface area contributed by atoms with Crippen LogP contribution in [-0.4, -0.2) is 28.0 Å². The van der Waals surface area contributed by atoms with E-state index < -0.39 is 0 Å². The number of nitrogens with zero attached hydrogens (tertiary/aromatic N) is 2. The highest BCUT2D eigenvalue weighted by molar-refractivity contribution is 6.00. The van der Waals surface area contributed by atoms with Crippen molar-refractivity contribution >= 4 is 22.6 Å². The second-order valence-electron chi connectivity index (χ2n) is 5.42. The fourth-order valence-electron chi connectivity index (χ4n) is 2.28. The summed E-state index contributed by atoms with van der Waals surface area (Å²) in [6, 6.07) is 3.87. The van der Waals surface area contributed by atoms with Gasteiger partial charge in [0.25, 0.3) is 5.91 Å². The molecule has 18 heavy (non-hydrogen) atoms. The Morgan fingerprint density at radius 3 is 2.94 bits per heavy atom. The number of fused-ring (bicyclic) bond motifs is 2. The molecule has 0 bridgehead atoms. The Morgan fingerprint density at radius 2 is 2.22 bits per heavy atom. The number of aromatic nitrogens is 2. The third-order valence-electron chi connectivity index (χ3n) is 2.97. The van der Waals surface area contributed by atoms with Gasteiger partial charge in [-0.3, -0.25) is 9.69 Å². The van der Waals surface area contributed by atoms with E-state index in [0.29, 0.717) is 5.88 Å². The second kappa shape index (κ2) is 3.48. The molecular formula is C13H15N3O2. The molecule has 94 valence electrons. The lowest BCUT2D eigenvalue weighted by Crippen LogP contribution is -2.50. The molecular weight excluding hydrogens is 230 g/mol. The molecule has 2 aromatic rings. The fraction of sp³-hybridized carbons (Fsp3) is 0.385. The standard InChI is InChI=1S/C13H15N3O2/c1-13(2,3)16-9-6-8-4-5-14-11(8)15-12(9)18-7-10(16)17/h4-6H,7H2,1-3H3,(H,14,15). The van der Waals surface area contributed by atoms with Gasteiger partial charge in [0, 0.05) is 17.1 Å². The van der Waals surface area contributed by atoms with E-state index in [4.69, 9.17) is 4.74 Å². The number of carbonyl (C=O) groups is 1. The zero-order chi connectivity index (χ0) is 12.9. The number of ether oxygens (including phenoxy) is 1. The molecule has 3 heterocycles. The number of carbonyl (C=O) groups excluding carboxylic acids is 1. The summed E-state index contributed by atoms with van der Waals surface area (Å²) >= 11 is 0. The molecule has 0 saturated heterocycles. The minimum Gasteiger partial charge on any atom is -0.466 e. The maximum absolute atomic E-state index is 12.0. The summed E-state index contributed by atoms with van der Waals surface area (Å²) in [5.41, 5.74) is 1.23. The van der Waals surface area contributed by atoms with Crippen LogP contribution in [0.3, 0.4) is 0 Å². The number of H-pyrrole nitrogens is 1. The van der Waals surface area contributed by atoms with Crippen molar-refractivity contribution in [1.29, 1.82) is 0 Å². The van der Waals surface area contributed by atoms with Gasteiger partial charge in [-0.1, -0.05) is 0 Å². The summed E-state index contributed by atoms with van der Waals surface area (Å²) < 4.78 is 5.42. The average Bonchev–Trinajstić information content (AvgIpc) is 2.71. The van der Waals surface area contributed by atoms with E-state index in [2.05, 4.69) is 9.97 Å². The van der Waals surface area contributed by atoms with Gasteiger partial charge in [-0.2, -0.15) is 4.98 Å². The number of amides is 1. The lowest BCUT2D eigenvalue weighted by molar-refractivity contribution is -0.122. The van der Waals surface area contributed by atoms with Crippen LogP contribution in [0.2, 0.25) is 0 Å². The van der Waals surface area contributed by atoms with E-state index in [1.54, 1.807) is 4.90 Å². The molecule has 3 rings (SSSR count). The zero-order valence-corrected chi connectivity index (χ0v) is 10.7. The fourth-order valence-corrected chi connectivity index (χ4v) is 2.28. The third kappa shape index (κ3) is 1.54. The van der Waals surface area contributed by atoms with E-state index in [1.807, 2.05) is 39.1 Å². The SMILES string of the molecule is CC(C)(C)N1C(=O)COc2nc3[nH]ccc3cc21. The van der Waals surface area contributed by atoms with Gasteiger partial charge >= 0.3 is 0 Å². The Hall–Kier alpha value is -2.04. The first kappa shape index (κ1) is 11.1. The molecule has 2 aromatic heterocycles. The van der Waals surface area contributed by atoms with E-state index in [0.717, 1.165) is 16.7 Å². The predicted molar refractivity (Wildman–Crippen MR) is 68.8 cm³/mol. The van der Waals surface area contributed by atoms with Gasteiger partial charge in [0.15, 0.2) is 6.61 Å². The van der Waals surface area contributed by atoms with Gasteiger partial charge < -0.3 is 9.72 Å². The Labute approximate surface area is 105 Å². The molecule has 0 saturated carbocycles. The molecule has 5 heteroatoms. The van der Waals surface area contributed by atoms with Crippen molar-refractivity contribution < 1.29 is 9.53 Å². The number of anilines is 1. The Morgan fingerprint density at radius 1 is 1.44 bits per heavy atom. The van der Waals surface area contributed by atoms with E-state index in [9.17, 15) is 4.79 Å². The van der Waals surface area contributed by atoms with Gasteiger partial charge in [-0.25, -0.2) is 0 Å². The molecule has 0 aliphatic carbocycles. The van der Waals surface area contributed by atoms with Crippen molar-refractivity contribution in [3.63, 3.8) is 0 Å². The minimum absolute atomic E-state index is 0.0355. The highest BCUT2D eigenvalue weighted by Crippen LogP contribution is 2.36. The number of hydrogen-bond acceptors (Lipinski definition) is 3. The van der Waals surface area contributed by atoms with Crippen LogP contribution >= 0.6 is 0 Å². The maximum atomic E-state index is 12.0. The molecule has 5 nitrogen and oxygen atoms in total. The molecule has 1 aliphatic rings. The number of rotatable bonds is 0. The summed E-state index contributed by atoms with van der Waals surface area (Å²) in [6.45, 7) is 6.05. The Balaban J connectivity index is 2.23. The summed E-state index contributed by atoms with van der Waals surface area (Å²) in [6.07, 6.45) is 1.83. The van der Waals surface area contributed by atoms with Crippen LogP contribution in [0.5, 0.6) is 5.88 Å². The van der Waals surface area contributed by atoms with Crippen LogP contribution in [0.1, 0.15) is 20.8 Å². The number of hydrogen-bond donors (Lipinski definition) is 1. The van der Waals surface area contributed by atoms with E-state index in [1.165, 1.54) is 0 Å². The minimum atomic E-state index is -0.290. The number of nitrogens with one attached hydrogen (secondary N) is 1. The Bertz CT molecular complexity index is 625. The molecule has 1 N–H and O–H groups in total. The maximum Gasteiger partial charge on any atom is 0.265 e. The Kier molecular flexibility index (Phi) is 2.14. The predicted octanol–water partition coefficient (Wildman–Crippen LogP) is 2.09. The van der Waals surface area contributed by atoms with Crippen molar-refractivity contribution in [2.75, 3.05) is 11.5 Å². The third-order valence-corrected chi connectivity index (χ3v) is 2.97. The van der Waals surface area contributed by atoms with Crippen LogP contribution in [0.4, 0.5) is 5.69 Å². The topological polar surface area (TPSA) is 58.2 Å². The molecule has 1 aliphatic heterocycles. The summed E-state index contributed by atoms with van der Waals surface area (Å²) in [4.78, 5) is 21.2. The first-order valence-corrected chi connectivity index (χ1v) is 5.91. The largest absolute Gasteiger partial charge is 0.466 e. The van der Waals surface area contributed by atoms with Gasteiger partial charge in [-0.05, 0) is 32.9 Å². The van der Waals surface area contributed by atoms with E-state index >= 15 is 0 Å². The van der Waals surface area contributed by atoms with E-state index in [-0.39, 0.29) is 18.1 Å². The summed E-state index contributed by atoms with van der Waals surface area (Å²) in [5.74, 6) is 0.478. The van der Waals surface area contributed by atoms with Gasteiger partial charge in [0.05, 0.1) is 0 Å². The highest BCUT2D eigenvalue weighted by atomic mass is 16.5. The van der Waals surface area contributed by atoms with Crippen LogP contribution < -0.4 is 9.64 Å². The van der Waals surface area contributed by atoms with Gasteiger partial charge in [-0.15, -0.1) is 0 Å². The number of pyridine rings is 1. The van der Waals surface area contributed by atoms with Crippen LogP contribution in [0.15, 0.2) is 18.3 Å². The van der Waals surface area contributed by atoms with Crippen LogP contribution in [0.25, 0.3) is 11.0 Å². The molecule has 0 aromatic carbocycles. The first-order chi connectivity index (χ1) is 8.47. The molecule has 0 radical (unpaired) electrons. The van der Waals surface area contributed by atoms with Gasteiger partial charge in [0.2, 0.25) is 5.88 Å². The zero-order valence-electron chi connectivity index (χ0n) is 10.7. The monoisotopic (exact) mass is 245 g/mol. The normalized spacial score (nSPS) is 15.7. The number of aromatic amines is 1. The van der Waals surface area contributed by atoms with Crippen molar-refractivity contribution in [3.05, 3.63) is 18.3 Å². The van der Waals surface area contributed by atoms with Crippen molar-refractivity contribution in [2.24, 2.45) is 0 Å². The van der Waals surface area contributed by atoms with Crippen molar-refractivity contribution in [3.8, 4) is 5.88 Å². The second-order valence-corrected chi connectivity index (χ2v) is 5.42. The molecule has 1 amide bonds. The quantitative estimate of drug-likeness (QED) is 0.773. The molecule has 0 fully saturated rings. The van der Waals surface area contributed by atoms with Crippen LogP contribution in [0, 0.1) is 0 Å². The lowest BCUT2D eigenvalue weighted by atomic mass is 10.0. The van der Waals surface area contributed by atoms with Crippen molar-refractivity contribution in [2.45, 2.75) is 26.3 Å². The smallest absolute Gasteiger partial charge is 0.265 e. The highest BCUT2D eigenvalue weighted by Gasteiger charge is 2.35. The first-order valence-electron chi connectivity index (χ1n) is 5.91. The molecule has 0 unspecified atom stereocenters. The molecule has 0 spiro atoms. The summed E-state index contributed by atoms with van der Waals surface area (Å²) in [7, 11) is 0. The van der Waals surface area contributed by atoms with Crippen molar-refractivity contribution in [1.82, 2.24) is 9.97 Å².